The van der Waals surface area contributed by atoms with Crippen LogP contribution in [0.15, 0.2) is 64.5 Å². The normalized spacial score (nSPS) is 12.9. The number of sulfone groups is 1. The maximum Gasteiger partial charge on any atom is 0.191 e. The van der Waals surface area contributed by atoms with Gasteiger partial charge in [0.15, 0.2) is 27.3 Å². The molecular weight excluding hydrogens is 378 g/mol. The second-order valence-electron chi connectivity index (χ2n) is 6.09. The van der Waals surface area contributed by atoms with Crippen molar-refractivity contribution in [3.63, 3.8) is 0 Å². The minimum atomic E-state index is -3.33. The molecule has 0 saturated heterocycles. The summed E-state index contributed by atoms with van der Waals surface area (Å²) >= 11 is 0. The summed E-state index contributed by atoms with van der Waals surface area (Å²) in [7, 11) is -0.0984. The first kappa shape index (κ1) is 21.6. The van der Waals surface area contributed by atoms with Crippen molar-refractivity contribution in [2.45, 2.75) is 17.9 Å². The van der Waals surface area contributed by atoms with E-state index in [9.17, 15) is 8.42 Å². The fraction of sp³-hybridized carbons (Fsp3) is 0.350. The highest BCUT2D eigenvalue weighted by molar-refractivity contribution is 7.91. The molecule has 0 aliphatic rings. The molecule has 0 aliphatic carbocycles. The Kier molecular flexibility index (Phi) is 8.13. The maximum absolute atomic E-state index is 12.3. The molecule has 0 amide bonds. The van der Waals surface area contributed by atoms with Crippen LogP contribution in [0.5, 0.6) is 11.5 Å². The fourth-order valence-corrected chi connectivity index (χ4v) is 3.66. The first-order valence-electron chi connectivity index (χ1n) is 8.98. The number of rotatable bonds is 9. The quantitative estimate of drug-likeness (QED) is 0.491. The number of guanidine groups is 1. The largest absolute Gasteiger partial charge is 0.493 e. The van der Waals surface area contributed by atoms with E-state index in [0.717, 1.165) is 0 Å². The van der Waals surface area contributed by atoms with Gasteiger partial charge in [-0.2, -0.15) is 0 Å². The van der Waals surface area contributed by atoms with Crippen LogP contribution < -0.4 is 20.1 Å². The number of ether oxygens (including phenoxy) is 2. The van der Waals surface area contributed by atoms with E-state index in [1.54, 1.807) is 44.5 Å². The van der Waals surface area contributed by atoms with Crippen LogP contribution in [0.25, 0.3) is 0 Å². The molecule has 28 heavy (non-hydrogen) atoms. The van der Waals surface area contributed by atoms with E-state index in [1.807, 2.05) is 31.2 Å². The number of nitrogens with zero attached hydrogens (tertiary/aromatic N) is 1. The van der Waals surface area contributed by atoms with Gasteiger partial charge in [-0.05, 0) is 31.2 Å². The third kappa shape index (κ3) is 6.45. The van der Waals surface area contributed by atoms with Crippen LogP contribution >= 0.6 is 0 Å². The van der Waals surface area contributed by atoms with E-state index in [4.69, 9.17) is 9.47 Å². The molecule has 0 fully saturated rings. The zero-order valence-electron chi connectivity index (χ0n) is 16.4. The molecule has 0 bridgehead atoms. The van der Waals surface area contributed by atoms with Crippen molar-refractivity contribution >= 4 is 15.8 Å². The fourth-order valence-electron chi connectivity index (χ4n) is 2.49. The number of aliphatic imine (C=N–C) groups is 1. The third-order valence-electron chi connectivity index (χ3n) is 3.94. The highest BCUT2D eigenvalue weighted by Crippen LogP contribution is 2.26. The molecule has 1 atom stereocenters. The Morgan fingerprint density at radius 3 is 2.32 bits per heavy atom. The molecule has 0 saturated carbocycles. The first-order valence-corrected chi connectivity index (χ1v) is 10.6. The second-order valence-corrected chi connectivity index (χ2v) is 8.20. The Morgan fingerprint density at radius 2 is 1.68 bits per heavy atom. The number of nitrogens with one attached hydrogen (secondary N) is 2. The van der Waals surface area contributed by atoms with E-state index < -0.39 is 9.84 Å². The Labute approximate surface area is 166 Å². The smallest absolute Gasteiger partial charge is 0.191 e. The Bertz CT molecular complexity index is 870. The van der Waals surface area contributed by atoms with Crippen LogP contribution in [0.4, 0.5) is 0 Å². The van der Waals surface area contributed by atoms with Gasteiger partial charge in [-0.3, -0.25) is 4.99 Å². The molecule has 2 aromatic rings. The number of benzene rings is 2. The lowest BCUT2D eigenvalue weighted by atomic mass is 10.3. The second kappa shape index (κ2) is 10.6. The number of hydrogen-bond donors (Lipinski definition) is 2. The average molecular weight is 406 g/mol. The molecule has 7 nitrogen and oxygen atoms in total. The Hall–Kier alpha value is -2.74. The standard InChI is InChI=1S/C20H27N3O4S/c1-16(27-19-12-8-7-11-18(19)26-3)15-23-20(21-2)22-13-14-28(24,25)17-9-5-4-6-10-17/h4-12,16H,13-15H2,1-3H3,(H2,21,22,23). The molecule has 152 valence electrons. The van der Waals surface area contributed by atoms with Crippen LogP contribution in [0, 0.1) is 0 Å². The van der Waals surface area contributed by atoms with Crippen molar-refractivity contribution in [1.82, 2.24) is 10.6 Å². The topological polar surface area (TPSA) is 89.0 Å². The average Bonchev–Trinajstić information content (AvgIpc) is 2.71. The Morgan fingerprint density at radius 1 is 1.04 bits per heavy atom. The molecule has 2 rings (SSSR count). The SMILES string of the molecule is CN=C(NCCS(=O)(=O)c1ccccc1)NCC(C)Oc1ccccc1OC. The predicted octanol–water partition coefficient (Wildman–Crippen LogP) is 2.10. The zero-order valence-corrected chi connectivity index (χ0v) is 17.2. The van der Waals surface area contributed by atoms with Gasteiger partial charge in [-0.15, -0.1) is 0 Å². The lowest BCUT2D eigenvalue weighted by molar-refractivity contribution is 0.213. The number of methoxy groups -OCH3 is 1. The van der Waals surface area contributed by atoms with Gasteiger partial charge >= 0.3 is 0 Å². The van der Waals surface area contributed by atoms with Gasteiger partial charge in [-0.25, -0.2) is 8.42 Å². The first-order chi connectivity index (χ1) is 13.5. The zero-order chi connectivity index (χ0) is 20.4. The van der Waals surface area contributed by atoms with E-state index >= 15 is 0 Å². The molecule has 0 aliphatic heterocycles. The van der Waals surface area contributed by atoms with Gasteiger partial charge in [0.25, 0.3) is 0 Å². The van der Waals surface area contributed by atoms with Gasteiger partial charge in [0.1, 0.15) is 6.10 Å². The summed E-state index contributed by atoms with van der Waals surface area (Å²) in [6, 6.07) is 15.8. The summed E-state index contributed by atoms with van der Waals surface area (Å²) < 4.78 is 35.8. The van der Waals surface area contributed by atoms with Crippen LogP contribution in [0.3, 0.4) is 0 Å². The summed E-state index contributed by atoms with van der Waals surface area (Å²) in [4.78, 5) is 4.43. The molecule has 0 heterocycles. The lowest BCUT2D eigenvalue weighted by Gasteiger charge is -2.19. The molecule has 8 heteroatoms. The van der Waals surface area contributed by atoms with Crippen molar-refractivity contribution in [3.05, 3.63) is 54.6 Å². The van der Waals surface area contributed by atoms with Gasteiger partial charge in [0, 0.05) is 13.6 Å². The molecule has 0 radical (unpaired) electrons. The van der Waals surface area contributed by atoms with Crippen LogP contribution in [-0.2, 0) is 9.84 Å². The van der Waals surface area contributed by atoms with Crippen molar-refractivity contribution in [3.8, 4) is 11.5 Å². The highest BCUT2D eigenvalue weighted by Gasteiger charge is 2.14. The van der Waals surface area contributed by atoms with Crippen molar-refractivity contribution in [1.29, 1.82) is 0 Å². The van der Waals surface area contributed by atoms with E-state index in [-0.39, 0.29) is 18.4 Å². The van der Waals surface area contributed by atoms with E-state index in [1.165, 1.54) is 0 Å². The molecule has 0 aromatic heterocycles. The molecule has 0 spiro atoms. The summed E-state index contributed by atoms with van der Waals surface area (Å²) in [5.74, 6) is 1.82. The molecule has 2 aromatic carbocycles. The minimum Gasteiger partial charge on any atom is -0.493 e. The monoisotopic (exact) mass is 405 g/mol. The number of para-hydroxylation sites is 2. The number of hydrogen-bond acceptors (Lipinski definition) is 5. The lowest BCUT2D eigenvalue weighted by Crippen LogP contribution is -2.43. The molecule has 1 unspecified atom stereocenters. The van der Waals surface area contributed by atoms with Crippen LogP contribution in [0.2, 0.25) is 0 Å². The molecule has 2 N–H and O–H groups in total. The van der Waals surface area contributed by atoms with Gasteiger partial charge in [-0.1, -0.05) is 30.3 Å². The van der Waals surface area contributed by atoms with Crippen LogP contribution in [0.1, 0.15) is 6.92 Å². The van der Waals surface area contributed by atoms with Gasteiger partial charge in [0.2, 0.25) is 0 Å². The summed E-state index contributed by atoms with van der Waals surface area (Å²) in [5, 5.41) is 6.15. The highest BCUT2D eigenvalue weighted by atomic mass is 32.2. The third-order valence-corrected chi connectivity index (χ3v) is 5.68. The minimum absolute atomic E-state index is 0.0228. The summed E-state index contributed by atoms with van der Waals surface area (Å²) in [6.45, 7) is 2.66. The predicted molar refractivity (Wildman–Crippen MR) is 111 cm³/mol. The van der Waals surface area contributed by atoms with Crippen molar-refractivity contribution in [2.75, 3.05) is 33.0 Å². The summed E-state index contributed by atoms with van der Waals surface area (Å²) in [5.41, 5.74) is 0. The Balaban J connectivity index is 1.80. The maximum atomic E-state index is 12.3. The summed E-state index contributed by atoms with van der Waals surface area (Å²) in [6.07, 6.45) is -0.150. The van der Waals surface area contributed by atoms with Gasteiger partial charge < -0.3 is 20.1 Å². The van der Waals surface area contributed by atoms with Crippen molar-refractivity contribution in [2.24, 2.45) is 4.99 Å². The van der Waals surface area contributed by atoms with E-state index in [2.05, 4.69) is 15.6 Å². The molecular formula is C20H27N3O4S. The van der Waals surface area contributed by atoms with E-state index in [0.29, 0.717) is 28.9 Å². The van der Waals surface area contributed by atoms with Gasteiger partial charge in [0.05, 0.1) is 24.3 Å². The van der Waals surface area contributed by atoms with Crippen LogP contribution in [-0.4, -0.2) is 53.5 Å². The van der Waals surface area contributed by atoms with Crippen molar-refractivity contribution < 1.29 is 17.9 Å².